The van der Waals surface area contributed by atoms with E-state index in [-0.39, 0.29) is 10.5 Å². The van der Waals surface area contributed by atoms with Crippen LogP contribution in [0.15, 0.2) is 0 Å². The number of hydrogen-bond acceptors (Lipinski definition) is 3. The molecule has 0 bridgehead atoms. The highest BCUT2D eigenvalue weighted by atomic mass is 32.2. The van der Waals surface area contributed by atoms with Gasteiger partial charge in [-0.05, 0) is 11.8 Å². The van der Waals surface area contributed by atoms with Gasteiger partial charge in [0.1, 0.15) is 0 Å². The van der Waals surface area contributed by atoms with Gasteiger partial charge in [0.2, 0.25) is 0 Å². The van der Waals surface area contributed by atoms with Crippen molar-refractivity contribution in [1.29, 1.82) is 0 Å². The Labute approximate surface area is 84.7 Å². The molecule has 0 aromatic carbocycles. The fourth-order valence-corrected chi connectivity index (χ4v) is 3.47. The fraction of sp³-hybridized carbons (Fsp3) is 1.00. The minimum absolute atomic E-state index is 0.197. The van der Waals surface area contributed by atoms with E-state index in [4.69, 9.17) is 0 Å². The van der Waals surface area contributed by atoms with Crippen LogP contribution in [0.5, 0.6) is 0 Å². The molecule has 2 nitrogen and oxygen atoms in total. The maximum atomic E-state index is 9.78. The van der Waals surface area contributed by atoms with Crippen LogP contribution in [0.25, 0.3) is 0 Å². The van der Waals surface area contributed by atoms with Crippen molar-refractivity contribution < 1.29 is 10.2 Å². The largest absolute Gasteiger partial charge is 0.389 e. The first-order chi connectivity index (χ1) is 5.95. The molecule has 0 radical (unpaired) electrons. The molecule has 0 spiro atoms. The molecule has 13 heavy (non-hydrogen) atoms. The summed E-state index contributed by atoms with van der Waals surface area (Å²) in [6.45, 7) is 8.37. The first-order valence-corrected chi connectivity index (χ1v) is 5.91. The average Bonchev–Trinajstić information content (AvgIpc) is 2.29. The normalized spacial score (nSPS) is 40.6. The Morgan fingerprint density at radius 3 is 1.31 bits per heavy atom. The fourth-order valence-electron chi connectivity index (χ4n) is 1.83. The molecule has 0 aromatic rings. The number of rotatable bonds is 2. The minimum atomic E-state index is -0.544. The van der Waals surface area contributed by atoms with E-state index in [1.807, 2.05) is 0 Å². The Balaban J connectivity index is 2.66. The average molecular weight is 204 g/mol. The number of hydrogen-bond donors (Lipinski definition) is 2. The molecular weight excluding hydrogens is 184 g/mol. The molecule has 1 rings (SSSR count). The Morgan fingerprint density at radius 2 is 1.15 bits per heavy atom. The number of aliphatic hydroxyl groups excluding tert-OH is 2. The lowest BCUT2D eigenvalue weighted by molar-refractivity contribution is 0.0166. The van der Waals surface area contributed by atoms with Gasteiger partial charge in [0.25, 0.3) is 0 Å². The second-order valence-electron chi connectivity index (χ2n) is 4.53. The Morgan fingerprint density at radius 1 is 0.846 bits per heavy atom. The van der Waals surface area contributed by atoms with Crippen LogP contribution < -0.4 is 0 Å². The maximum Gasteiger partial charge on any atom is 0.0930 e. The summed E-state index contributed by atoms with van der Waals surface area (Å²) in [6.07, 6.45) is -1.09. The quantitative estimate of drug-likeness (QED) is 0.716. The van der Waals surface area contributed by atoms with Crippen LogP contribution in [0.2, 0.25) is 0 Å². The molecule has 78 valence electrons. The molecule has 4 unspecified atom stereocenters. The van der Waals surface area contributed by atoms with E-state index in [0.717, 1.165) is 0 Å². The van der Waals surface area contributed by atoms with Gasteiger partial charge in [0.15, 0.2) is 0 Å². The highest BCUT2D eigenvalue weighted by Crippen LogP contribution is 2.41. The van der Waals surface area contributed by atoms with Crippen LogP contribution in [0, 0.1) is 11.8 Å². The standard InChI is InChI=1S/C10H20O2S/c1-5(2)9-7(11)8(12)10(13-9)6(3)4/h5-12H,1-4H3. The summed E-state index contributed by atoms with van der Waals surface area (Å²) in [6, 6.07) is 0. The molecule has 1 fully saturated rings. The van der Waals surface area contributed by atoms with E-state index in [0.29, 0.717) is 11.8 Å². The summed E-state index contributed by atoms with van der Waals surface area (Å²) in [5.74, 6) is 0.858. The maximum absolute atomic E-state index is 9.78. The second-order valence-corrected chi connectivity index (χ2v) is 5.90. The van der Waals surface area contributed by atoms with Crippen molar-refractivity contribution in [3.05, 3.63) is 0 Å². The lowest BCUT2D eigenvalue weighted by Crippen LogP contribution is -2.35. The van der Waals surface area contributed by atoms with Gasteiger partial charge in [-0.15, -0.1) is 11.8 Å². The first-order valence-electron chi connectivity index (χ1n) is 4.96. The second kappa shape index (κ2) is 4.20. The zero-order valence-electron chi connectivity index (χ0n) is 8.77. The predicted molar refractivity (Wildman–Crippen MR) is 56.9 cm³/mol. The number of aliphatic hydroxyl groups is 2. The lowest BCUT2D eigenvalue weighted by Gasteiger charge is -2.18. The minimum Gasteiger partial charge on any atom is -0.389 e. The zero-order valence-corrected chi connectivity index (χ0v) is 9.58. The number of thioether (sulfide) groups is 1. The highest BCUT2D eigenvalue weighted by Gasteiger charge is 2.44. The molecule has 1 aliphatic heterocycles. The topological polar surface area (TPSA) is 40.5 Å². The zero-order chi connectivity index (χ0) is 10.2. The molecule has 0 saturated carbocycles. The van der Waals surface area contributed by atoms with Gasteiger partial charge in [-0.2, -0.15) is 0 Å². The lowest BCUT2D eigenvalue weighted by atomic mass is 9.96. The van der Waals surface area contributed by atoms with E-state index in [9.17, 15) is 10.2 Å². The molecule has 1 saturated heterocycles. The van der Waals surface area contributed by atoms with Crippen molar-refractivity contribution in [2.75, 3.05) is 0 Å². The van der Waals surface area contributed by atoms with Crippen LogP contribution >= 0.6 is 11.8 Å². The smallest absolute Gasteiger partial charge is 0.0930 e. The summed E-state index contributed by atoms with van der Waals surface area (Å²) in [7, 11) is 0. The van der Waals surface area contributed by atoms with E-state index in [1.54, 1.807) is 11.8 Å². The van der Waals surface area contributed by atoms with Crippen LogP contribution in [0.3, 0.4) is 0 Å². The van der Waals surface area contributed by atoms with Gasteiger partial charge in [-0.25, -0.2) is 0 Å². The monoisotopic (exact) mass is 204 g/mol. The van der Waals surface area contributed by atoms with E-state index >= 15 is 0 Å². The molecular formula is C10H20O2S. The predicted octanol–water partition coefficient (Wildman–Crippen LogP) is 1.50. The Hall–Kier alpha value is 0.270. The van der Waals surface area contributed by atoms with Gasteiger partial charge in [0.05, 0.1) is 12.2 Å². The summed E-state index contributed by atoms with van der Waals surface area (Å²) < 4.78 is 0. The molecule has 4 atom stereocenters. The van der Waals surface area contributed by atoms with Gasteiger partial charge in [0, 0.05) is 10.5 Å². The molecule has 0 amide bonds. The highest BCUT2D eigenvalue weighted by molar-refractivity contribution is 8.00. The van der Waals surface area contributed by atoms with Crippen molar-refractivity contribution in [3.63, 3.8) is 0 Å². The third-order valence-corrected chi connectivity index (χ3v) is 4.93. The molecule has 3 heteroatoms. The molecule has 0 aliphatic carbocycles. The third kappa shape index (κ3) is 2.20. The summed E-state index contributed by atoms with van der Waals surface area (Å²) in [4.78, 5) is 0. The van der Waals surface area contributed by atoms with E-state index in [2.05, 4.69) is 27.7 Å². The Bertz CT molecular complexity index is 152. The van der Waals surface area contributed by atoms with Crippen molar-refractivity contribution >= 4 is 11.8 Å². The summed E-state index contributed by atoms with van der Waals surface area (Å²) in [5.41, 5.74) is 0. The van der Waals surface area contributed by atoms with Crippen LogP contribution in [-0.4, -0.2) is 32.9 Å². The van der Waals surface area contributed by atoms with Gasteiger partial charge in [-0.3, -0.25) is 0 Å². The molecule has 0 aromatic heterocycles. The van der Waals surface area contributed by atoms with Gasteiger partial charge < -0.3 is 10.2 Å². The van der Waals surface area contributed by atoms with Crippen molar-refractivity contribution in [1.82, 2.24) is 0 Å². The van der Waals surface area contributed by atoms with Crippen LogP contribution in [0.1, 0.15) is 27.7 Å². The molecule has 1 heterocycles. The SMILES string of the molecule is CC(C)C1SC(C(C)C)C(O)C1O. The van der Waals surface area contributed by atoms with Crippen molar-refractivity contribution in [3.8, 4) is 0 Å². The first kappa shape index (κ1) is 11.3. The third-order valence-electron chi connectivity index (χ3n) is 2.65. The summed E-state index contributed by atoms with van der Waals surface area (Å²) in [5, 5.41) is 19.9. The van der Waals surface area contributed by atoms with E-state index < -0.39 is 12.2 Å². The van der Waals surface area contributed by atoms with Crippen molar-refractivity contribution in [2.24, 2.45) is 11.8 Å². The van der Waals surface area contributed by atoms with Crippen LogP contribution in [-0.2, 0) is 0 Å². The summed E-state index contributed by atoms with van der Waals surface area (Å²) >= 11 is 1.74. The molecule has 1 aliphatic rings. The van der Waals surface area contributed by atoms with Crippen LogP contribution in [0.4, 0.5) is 0 Å². The Kier molecular flexibility index (Phi) is 3.66. The van der Waals surface area contributed by atoms with Crippen molar-refractivity contribution in [2.45, 2.75) is 50.4 Å². The van der Waals surface area contributed by atoms with E-state index in [1.165, 1.54) is 0 Å². The molecule has 2 N–H and O–H groups in total. The van der Waals surface area contributed by atoms with Gasteiger partial charge in [-0.1, -0.05) is 27.7 Å². The van der Waals surface area contributed by atoms with Gasteiger partial charge >= 0.3 is 0 Å².